The van der Waals surface area contributed by atoms with Gasteiger partial charge in [0.25, 0.3) is 0 Å². The van der Waals surface area contributed by atoms with Gasteiger partial charge in [-0.15, -0.1) is 6.58 Å². The van der Waals surface area contributed by atoms with Crippen LogP contribution in [0.4, 0.5) is 0 Å². The first-order valence-electron chi connectivity index (χ1n) is 5.00. The molecule has 0 saturated heterocycles. The molecule has 1 rings (SSSR count). The van der Waals surface area contributed by atoms with Crippen molar-refractivity contribution in [1.82, 2.24) is 0 Å². The predicted octanol–water partition coefficient (Wildman–Crippen LogP) is 3.06. The van der Waals surface area contributed by atoms with Gasteiger partial charge in [0.2, 0.25) is 0 Å². The summed E-state index contributed by atoms with van der Waals surface area (Å²) in [5.41, 5.74) is 1.13. The minimum atomic E-state index is -0.0345. The molecule has 1 aromatic rings. The molecule has 0 aliphatic carbocycles. The van der Waals surface area contributed by atoms with Gasteiger partial charge in [-0.2, -0.15) is 5.26 Å². The molecular weight excluding hydrogens is 186 g/mol. The van der Waals surface area contributed by atoms with Crippen molar-refractivity contribution in [2.45, 2.75) is 25.6 Å². The van der Waals surface area contributed by atoms with Gasteiger partial charge in [0, 0.05) is 0 Å². The van der Waals surface area contributed by atoms with E-state index in [1.807, 2.05) is 30.3 Å². The van der Waals surface area contributed by atoms with Crippen molar-refractivity contribution in [3.63, 3.8) is 0 Å². The van der Waals surface area contributed by atoms with Crippen LogP contribution < -0.4 is 0 Å². The summed E-state index contributed by atoms with van der Waals surface area (Å²) in [6.07, 6.45) is 2.89. The highest BCUT2D eigenvalue weighted by molar-refractivity contribution is 5.13. The van der Waals surface area contributed by atoms with Crippen molar-refractivity contribution in [3.05, 3.63) is 48.6 Å². The zero-order valence-electron chi connectivity index (χ0n) is 8.73. The van der Waals surface area contributed by atoms with Crippen LogP contribution in [-0.4, -0.2) is 6.10 Å². The molecule has 78 valence electrons. The van der Waals surface area contributed by atoms with Gasteiger partial charge in [0.05, 0.1) is 25.2 Å². The monoisotopic (exact) mass is 201 g/mol. The zero-order valence-corrected chi connectivity index (χ0v) is 8.73. The van der Waals surface area contributed by atoms with Crippen LogP contribution in [0.1, 0.15) is 18.4 Å². The van der Waals surface area contributed by atoms with E-state index < -0.39 is 0 Å². The van der Waals surface area contributed by atoms with Gasteiger partial charge in [0.1, 0.15) is 0 Å². The lowest BCUT2D eigenvalue weighted by atomic mass is 10.2. The van der Waals surface area contributed by atoms with Crippen LogP contribution >= 0.6 is 0 Å². The third-order valence-electron chi connectivity index (χ3n) is 2.08. The maximum absolute atomic E-state index is 8.60. The molecule has 0 heterocycles. The molecule has 0 unspecified atom stereocenters. The summed E-state index contributed by atoms with van der Waals surface area (Å²) in [4.78, 5) is 0. The molecule has 1 atom stereocenters. The molecule has 0 spiro atoms. The minimum absolute atomic E-state index is 0.0345. The summed E-state index contributed by atoms with van der Waals surface area (Å²) in [7, 11) is 0. The third-order valence-corrected chi connectivity index (χ3v) is 2.08. The molecule has 15 heavy (non-hydrogen) atoms. The van der Waals surface area contributed by atoms with Crippen molar-refractivity contribution in [2.24, 2.45) is 0 Å². The van der Waals surface area contributed by atoms with Crippen LogP contribution in [0, 0.1) is 11.3 Å². The van der Waals surface area contributed by atoms with Crippen LogP contribution in [-0.2, 0) is 11.3 Å². The Morgan fingerprint density at radius 2 is 2.13 bits per heavy atom. The molecular formula is C13H15NO. The first-order chi connectivity index (χ1) is 7.36. The Bertz CT molecular complexity index is 326. The molecule has 0 aliphatic rings. The molecule has 0 amide bonds. The Kier molecular flexibility index (Phi) is 5.21. The smallest absolute Gasteiger partial charge is 0.0743 e. The van der Waals surface area contributed by atoms with Gasteiger partial charge in [-0.1, -0.05) is 36.4 Å². The number of nitrogens with zero attached hydrogens (tertiary/aromatic N) is 1. The van der Waals surface area contributed by atoms with Crippen LogP contribution in [0.5, 0.6) is 0 Å². The molecule has 0 saturated carbocycles. The lowest BCUT2D eigenvalue weighted by Crippen LogP contribution is -2.10. The van der Waals surface area contributed by atoms with Gasteiger partial charge in [-0.05, 0) is 12.0 Å². The molecule has 0 aliphatic heterocycles. The summed E-state index contributed by atoms with van der Waals surface area (Å²) >= 11 is 0. The average molecular weight is 201 g/mol. The van der Waals surface area contributed by atoms with E-state index in [4.69, 9.17) is 10.00 Å². The van der Waals surface area contributed by atoms with E-state index in [-0.39, 0.29) is 6.10 Å². The van der Waals surface area contributed by atoms with E-state index in [1.54, 1.807) is 6.08 Å². The van der Waals surface area contributed by atoms with Crippen molar-refractivity contribution in [1.29, 1.82) is 5.26 Å². The van der Waals surface area contributed by atoms with E-state index in [0.29, 0.717) is 13.0 Å². The highest BCUT2D eigenvalue weighted by atomic mass is 16.5. The fraction of sp³-hybridized carbons (Fsp3) is 0.308. The van der Waals surface area contributed by atoms with Gasteiger partial charge < -0.3 is 4.74 Å². The van der Waals surface area contributed by atoms with Crippen molar-refractivity contribution >= 4 is 0 Å². The zero-order chi connectivity index (χ0) is 10.9. The second-order valence-electron chi connectivity index (χ2n) is 3.31. The van der Waals surface area contributed by atoms with Crippen molar-refractivity contribution in [2.75, 3.05) is 0 Å². The van der Waals surface area contributed by atoms with E-state index in [2.05, 4.69) is 12.6 Å². The van der Waals surface area contributed by atoms with Gasteiger partial charge in [0.15, 0.2) is 0 Å². The topological polar surface area (TPSA) is 33.0 Å². The average Bonchev–Trinajstić information content (AvgIpc) is 2.28. The van der Waals surface area contributed by atoms with Crippen LogP contribution in [0.3, 0.4) is 0 Å². The fourth-order valence-corrected chi connectivity index (χ4v) is 1.29. The SMILES string of the molecule is C=CC[C@H](CC#N)OCc1ccccc1. The van der Waals surface area contributed by atoms with Gasteiger partial charge in [-0.3, -0.25) is 0 Å². The molecule has 2 nitrogen and oxygen atoms in total. The minimum Gasteiger partial charge on any atom is -0.372 e. The summed E-state index contributed by atoms with van der Waals surface area (Å²) in [5.74, 6) is 0. The fourth-order valence-electron chi connectivity index (χ4n) is 1.29. The van der Waals surface area contributed by atoms with E-state index in [1.165, 1.54) is 0 Å². The Balaban J connectivity index is 2.40. The first kappa shape index (κ1) is 11.5. The highest BCUT2D eigenvalue weighted by Crippen LogP contribution is 2.08. The van der Waals surface area contributed by atoms with Crippen molar-refractivity contribution < 1.29 is 4.74 Å². The number of ether oxygens (including phenoxy) is 1. The third kappa shape index (κ3) is 4.44. The molecule has 0 bridgehead atoms. The van der Waals surface area contributed by atoms with Gasteiger partial charge >= 0.3 is 0 Å². The van der Waals surface area contributed by atoms with E-state index >= 15 is 0 Å². The Morgan fingerprint density at radius 1 is 1.40 bits per heavy atom. The Hall–Kier alpha value is -1.59. The second-order valence-corrected chi connectivity index (χ2v) is 3.31. The Labute approximate surface area is 90.8 Å². The Morgan fingerprint density at radius 3 is 2.73 bits per heavy atom. The molecule has 0 radical (unpaired) electrons. The normalized spacial score (nSPS) is 11.7. The van der Waals surface area contributed by atoms with Crippen molar-refractivity contribution in [3.8, 4) is 6.07 Å². The lowest BCUT2D eigenvalue weighted by Gasteiger charge is -2.12. The highest BCUT2D eigenvalue weighted by Gasteiger charge is 2.06. The summed E-state index contributed by atoms with van der Waals surface area (Å²) in [6.45, 7) is 4.20. The molecule has 0 aromatic heterocycles. The van der Waals surface area contributed by atoms with Gasteiger partial charge in [-0.25, -0.2) is 0 Å². The maximum Gasteiger partial charge on any atom is 0.0743 e. The van der Waals surface area contributed by atoms with E-state index in [0.717, 1.165) is 12.0 Å². The number of hydrogen-bond acceptors (Lipinski definition) is 2. The molecule has 0 fully saturated rings. The number of benzene rings is 1. The summed E-state index contributed by atoms with van der Waals surface area (Å²) in [6, 6.07) is 12.1. The van der Waals surface area contributed by atoms with Crippen LogP contribution in [0.2, 0.25) is 0 Å². The van der Waals surface area contributed by atoms with Crippen LogP contribution in [0.15, 0.2) is 43.0 Å². The first-order valence-corrected chi connectivity index (χ1v) is 5.00. The maximum atomic E-state index is 8.60. The molecule has 2 heteroatoms. The number of nitriles is 1. The lowest BCUT2D eigenvalue weighted by molar-refractivity contribution is 0.0458. The largest absolute Gasteiger partial charge is 0.372 e. The second kappa shape index (κ2) is 6.80. The molecule has 0 N–H and O–H groups in total. The molecule has 1 aromatic carbocycles. The standard InChI is InChI=1S/C13H15NO/c1-2-6-13(9-10-14)15-11-12-7-4-3-5-8-12/h2-5,7-8,13H,1,6,9,11H2/t13-/m1/s1. The number of hydrogen-bond donors (Lipinski definition) is 0. The van der Waals surface area contributed by atoms with Crippen LogP contribution in [0.25, 0.3) is 0 Å². The number of rotatable bonds is 6. The quantitative estimate of drug-likeness (QED) is 0.663. The van der Waals surface area contributed by atoms with E-state index in [9.17, 15) is 0 Å². The predicted molar refractivity (Wildman–Crippen MR) is 60.1 cm³/mol. The summed E-state index contributed by atoms with van der Waals surface area (Å²) in [5, 5.41) is 8.60. The summed E-state index contributed by atoms with van der Waals surface area (Å²) < 4.78 is 5.62.